The first-order valence-electron chi connectivity index (χ1n) is 7.85. The standard InChI is InChI=1S/C15H28N2O2S.ClH/c1-15(5-7-16-8-6-15)12-17-14(18)11-20-10-13-4-2-3-9-19-13;/h13,16H,2-12H2,1H3,(H,17,18);1H. The lowest BCUT2D eigenvalue weighted by atomic mass is 9.81. The van der Waals surface area contributed by atoms with E-state index in [2.05, 4.69) is 17.6 Å². The summed E-state index contributed by atoms with van der Waals surface area (Å²) in [5.74, 6) is 1.69. The van der Waals surface area contributed by atoms with Crippen molar-refractivity contribution in [2.45, 2.75) is 45.1 Å². The lowest BCUT2D eigenvalue weighted by Crippen LogP contribution is -2.43. The number of hydrogen-bond acceptors (Lipinski definition) is 4. The van der Waals surface area contributed by atoms with Crippen LogP contribution in [0.3, 0.4) is 0 Å². The van der Waals surface area contributed by atoms with Crippen molar-refractivity contribution in [1.82, 2.24) is 10.6 Å². The summed E-state index contributed by atoms with van der Waals surface area (Å²) in [6, 6.07) is 0. The first-order chi connectivity index (χ1) is 9.68. The highest BCUT2D eigenvalue weighted by molar-refractivity contribution is 7.99. The van der Waals surface area contributed by atoms with Crippen LogP contribution in [0.4, 0.5) is 0 Å². The van der Waals surface area contributed by atoms with Gasteiger partial charge >= 0.3 is 0 Å². The largest absolute Gasteiger partial charge is 0.377 e. The summed E-state index contributed by atoms with van der Waals surface area (Å²) in [5, 5.41) is 6.47. The van der Waals surface area contributed by atoms with E-state index < -0.39 is 0 Å². The topological polar surface area (TPSA) is 50.4 Å². The van der Waals surface area contributed by atoms with Gasteiger partial charge < -0.3 is 15.4 Å². The van der Waals surface area contributed by atoms with Gasteiger partial charge in [-0.3, -0.25) is 4.79 Å². The van der Waals surface area contributed by atoms with Gasteiger partial charge in [0.05, 0.1) is 11.9 Å². The number of carbonyl (C=O) groups is 1. The number of piperidine rings is 1. The summed E-state index contributed by atoms with van der Waals surface area (Å²) in [6.45, 7) is 6.12. The Kier molecular flexibility index (Phi) is 9.02. The molecule has 0 spiro atoms. The third kappa shape index (κ3) is 7.22. The van der Waals surface area contributed by atoms with Crippen molar-refractivity contribution in [2.24, 2.45) is 5.41 Å². The Morgan fingerprint density at radius 1 is 1.38 bits per heavy atom. The molecule has 2 N–H and O–H groups in total. The number of rotatable bonds is 6. The van der Waals surface area contributed by atoms with Crippen LogP contribution in [0, 0.1) is 5.41 Å². The Bertz CT molecular complexity index is 306. The minimum atomic E-state index is 0. The van der Waals surface area contributed by atoms with Gasteiger partial charge in [0.2, 0.25) is 5.91 Å². The molecular formula is C15H29ClN2O2S. The Morgan fingerprint density at radius 3 is 2.81 bits per heavy atom. The van der Waals surface area contributed by atoms with Crippen molar-refractivity contribution in [3.8, 4) is 0 Å². The predicted molar refractivity (Wildman–Crippen MR) is 91.4 cm³/mol. The van der Waals surface area contributed by atoms with Crippen LogP contribution >= 0.6 is 24.2 Å². The minimum Gasteiger partial charge on any atom is -0.377 e. The fraction of sp³-hybridized carbons (Fsp3) is 0.933. The average Bonchev–Trinajstić information content (AvgIpc) is 2.47. The maximum absolute atomic E-state index is 11.9. The highest BCUT2D eigenvalue weighted by atomic mass is 35.5. The van der Waals surface area contributed by atoms with Crippen molar-refractivity contribution < 1.29 is 9.53 Å². The fourth-order valence-electron chi connectivity index (χ4n) is 2.79. The first kappa shape index (κ1) is 19.1. The molecule has 21 heavy (non-hydrogen) atoms. The van der Waals surface area contributed by atoms with E-state index in [1.807, 2.05) is 0 Å². The number of amides is 1. The first-order valence-corrected chi connectivity index (χ1v) is 9.00. The Morgan fingerprint density at radius 2 is 2.14 bits per heavy atom. The number of ether oxygens (including phenoxy) is 1. The van der Waals surface area contributed by atoms with Gasteiger partial charge in [-0.05, 0) is 50.6 Å². The van der Waals surface area contributed by atoms with Gasteiger partial charge in [-0.1, -0.05) is 6.92 Å². The summed E-state index contributed by atoms with van der Waals surface area (Å²) in [4.78, 5) is 11.9. The van der Waals surface area contributed by atoms with E-state index in [4.69, 9.17) is 4.74 Å². The number of halogens is 1. The molecule has 0 radical (unpaired) electrons. The quantitative estimate of drug-likeness (QED) is 0.781. The molecule has 2 heterocycles. The molecule has 1 atom stereocenters. The molecule has 2 aliphatic rings. The van der Waals surface area contributed by atoms with Gasteiger partial charge in [0, 0.05) is 18.9 Å². The van der Waals surface area contributed by atoms with Crippen LogP contribution in [0.15, 0.2) is 0 Å². The molecule has 2 fully saturated rings. The van der Waals surface area contributed by atoms with E-state index in [9.17, 15) is 4.79 Å². The van der Waals surface area contributed by atoms with E-state index in [-0.39, 0.29) is 23.7 Å². The van der Waals surface area contributed by atoms with Crippen molar-refractivity contribution in [3.63, 3.8) is 0 Å². The summed E-state index contributed by atoms with van der Waals surface area (Å²) < 4.78 is 5.67. The Balaban J connectivity index is 0.00000220. The van der Waals surface area contributed by atoms with Gasteiger partial charge in [-0.25, -0.2) is 0 Å². The molecule has 0 saturated carbocycles. The van der Waals surface area contributed by atoms with Crippen LogP contribution in [-0.2, 0) is 9.53 Å². The van der Waals surface area contributed by atoms with Gasteiger partial charge in [0.1, 0.15) is 0 Å². The Labute approximate surface area is 138 Å². The van der Waals surface area contributed by atoms with Crippen LogP contribution < -0.4 is 10.6 Å². The monoisotopic (exact) mass is 336 g/mol. The molecule has 0 aliphatic carbocycles. The molecule has 4 nitrogen and oxygen atoms in total. The summed E-state index contributed by atoms with van der Waals surface area (Å²) in [7, 11) is 0. The van der Waals surface area contributed by atoms with E-state index >= 15 is 0 Å². The lowest BCUT2D eigenvalue weighted by molar-refractivity contribution is -0.119. The number of hydrogen-bond donors (Lipinski definition) is 2. The average molecular weight is 337 g/mol. The zero-order valence-corrected chi connectivity index (χ0v) is 14.6. The molecule has 2 saturated heterocycles. The highest BCUT2D eigenvalue weighted by Crippen LogP contribution is 2.26. The van der Waals surface area contributed by atoms with Crippen molar-refractivity contribution in [2.75, 3.05) is 37.7 Å². The van der Waals surface area contributed by atoms with Crippen LogP contribution in [0.5, 0.6) is 0 Å². The molecule has 0 aromatic heterocycles. The van der Waals surface area contributed by atoms with Crippen LogP contribution in [0.2, 0.25) is 0 Å². The van der Waals surface area contributed by atoms with Gasteiger partial charge in [-0.15, -0.1) is 24.2 Å². The second kappa shape index (κ2) is 9.93. The van der Waals surface area contributed by atoms with E-state index in [0.29, 0.717) is 11.9 Å². The molecular weight excluding hydrogens is 308 g/mol. The molecule has 124 valence electrons. The zero-order chi connectivity index (χ0) is 14.3. The molecule has 0 aromatic carbocycles. The maximum Gasteiger partial charge on any atom is 0.230 e. The highest BCUT2D eigenvalue weighted by Gasteiger charge is 2.26. The number of nitrogens with one attached hydrogen (secondary N) is 2. The Hall–Kier alpha value is 0.0300. The van der Waals surface area contributed by atoms with Crippen molar-refractivity contribution in [3.05, 3.63) is 0 Å². The molecule has 2 aliphatic heterocycles. The van der Waals surface area contributed by atoms with Crippen molar-refractivity contribution >= 4 is 30.1 Å². The van der Waals surface area contributed by atoms with Gasteiger partial charge in [0.25, 0.3) is 0 Å². The van der Waals surface area contributed by atoms with Crippen molar-refractivity contribution in [1.29, 1.82) is 0 Å². The smallest absolute Gasteiger partial charge is 0.230 e. The third-order valence-corrected chi connectivity index (χ3v) is 5.41. The molecule has 1 amide bonds. The number of carbonyl (C=O) groups excluding carboxylic acids is 1. The summed E-state index contributed by atoms with van der Waals surface area (Å²) in [6.07, 6.45) is 6.27. The second-order valence-corrected chi connectivity index (χ2v) is 7.37. The zero-order valence-electron chi connectivity index (χ0n) is 13.0. The third-order valence-electron chi connectivity index (χ3n) is 4.33. The maximum atomic E-state index is 11.9. The SMILES string of the molecule is CC1(CNC(=O)CSCC2CCCCO2)CCNCC1.Cl. The second-order valence-electron chi connectivity index (χ2n) is 6.34. The van der Waals surface area contributed by atoms with Crippen LogP contribution in [0.25, 0.3) is 0 Å². The fourth-order valence-corrected chi connectivity index (χ4v) is 3.72. The van der Waals surface area contributed by atoms with Gasteiger partial charge in [0.15, 0.2) is 0 Å². The summed E-state index contributed by atoms with van der Waals surface area (Å²) >= 11 is 1.70. The minimum absolute atomic E-state index is 0. The molecule has 1 unspecified atom stereocenters. The molecule has 0 bridgehead atoms. The van der Waals surface area contributed by atoms with Crippen LogP contribution in [0.1, 0.15) is 39.0 Å². The van der Waals surface area contributed by atoms with E-state index in [1.54, 1.807) is 11.8 Å². The number of thioether (sulfide) groups is 1. The molecule has 6 heteroatoms. The molecule has 2 rings (SSSR count). The van der Waals surface area contributed by atoms with E-state index in [1.165, 1.54) is 12.8 Å². The predicted octanol–water partition coefficient (Wildman–Crippen LogP) is 2.22. The van der Waals surface area contributed by atoms with Crippen LogP contribution in [-0.4, -0.2) is 49.8 Å². The lowest BCUT2D eigenvalue weighted by Gasteiger charge is -2.34. The molecule has 0 aromatic rings. The normalized spacial score (nSPS) is 24.9. The van der Waals surface area contributed by atoms with E-state index in [0.717, 1.165) is 51.3 Å². The van der Waals surface area contributed by atoms with Gasteiger partial charge in [-0.2, -0.15) is 0 Å². The summed E-state index contributed by atoms with van der Waals surface area (Å²) in [5.41, 5.74) is 0.276.